The highest BCUT2D eigenvalue weighted by Crippen LogP contribution is 2.21. The Hall–Kier alpha value is -1.06. The van der Waals surface area contributed by atoms with Crippen molar-refractivity contribution in [2.24, 2.45) is 11.7 Å². The van der Waals surface area contributed by atoms with Crippen molar-refractivity contribution < 1.29 is 9.59 Å². The fourth-order valence-electron chi connectivity index (χ4n) is 1.80. The molecule has 1 rings (SSSR count). The van der Waals surface area contributed by atoms with E-state index >= 15 is 0 Å². The molecule has 0 unspecified atom stereocenters. The second kappa shape index (κ2) is 4.25. The first-order valence-corrected chi connectivity index (χ1v) is 4.69. The molecule has 1 saturated heterocycles. The number of carbonyl (C=O) groups is 2. The molecule has 1 heterocycles. The van der Waals surface area contributed by atoms with Crippen LogP contribution in [0.5, 0.6) is 0 Å². The van der Waals surface area contributed by atoms with Crippen LogP contribution in [-0.2, 0) is 9.59 Å². The molecule has 0 aromatic carbocycles. The van der Waals surface area contributed by atoms with Gasteiger partial charge >= 0.3 is 0 Å². The predicted molar refractivity (Wildman–Crippen MR) is 48.8 cm³/mol. The molecule has 4 nitrogen and oxygen atoms in total. The lowest BCUT2D eigenvalue weighted by atomic mass is 10.0. The first kappa shape index (κ1) is 10.0. The van der Waals surface area contributed by atoms with Gasteiger partial charge in [0, 0.05) is 13.0 Å². The Balaban J connectivity index is 2.41. The quantitative estimate of drug-likeness (QED) is 0.674. The highest BCUT2D eigenvalue weighted by atomic mass is 16.2. The van der Waals surface area contributed by atoms with Crippen LogP contribution in [0.2, 0.25) is 0 Å². The first-order valence-electron chi connectivity index (χ1n) is 4.69. The Morgan fingerprint density at radius 3 is 2.92 bits per heavy atom. The number of nitrogens with two attached hydrogens (primary N) is 1. The van der Waals surface area contributed by atoms with Crippen LogP contribution in [0.15, 0.2) is 0 Å². The third kappa shape index (κ3) is 2.72. The van der Waals surface area contributed by atoms with Gasteiger partial charge in [0.1, 0.15) is 0 Å². The molecule has 1 aliphatic heterocycles. The summed E-state index contributed by atoms with van der Waals surface area (Å²) < 4.78 is 0. The second-order valence-electron chi connectivity index (χ2n) is 3.60. The maximum atomic E-state index is 11.3. The van der Waals surface area contributed by atoms with E-state index in [9.17, 15) is 9.59 Å². The van der Waals surface area contributed by atoms with Crippen molar-refractivity contribution in [3.63, 3.8) is 0 Å². The Kier molecular flexibility index (Phi) is 3.28. The lowest BCUT2D eigenvalue weighted by molar-refractivity contribution is -0.132. The molecule has 0 aliphatic carbocycles. The van der Waals surface area contributed by atoms with Crippen LogP contribution < -0.4 is 5.73 Å². The van der Waals surface area contributed by atoms with Crippen LogP contribution in [0.1, 0.15) is 26.2 Å². The highest BCUT2D eigenvalue weighted by molar-refractivity contribution is 5.85. The monoisotopic (exact) mass is 184 g/mol. The van der Waals surface area contributed by atoms with E-state index in [4.69, 9.17) is 5.73 Å². The molecule has 0 aromatic rings. The summed E-state index contributed by atoms with van der Waals surface area (Å²) in [6.07, 6.45) is 2.73. The molecule has 1 aliphatic rings. The maximum Gasteiger partial charge on any atom is 0.237 e. The number of hydrogen-bond donors (Lipinski definition) is 1. The molecule has 1 atom stereocenters. The van der Waals surface area contributed by atoms with Gasteiger partial charge in [0.05, 0.1) is 6.54 Å². The highest BCUT2D eigenvalue weighted by Gasteiger charge is 2.29. The zero-order valence-electron chi connectivity index (χ0n) is 7.95. The smallest absolute Gasteiger partial charge is 0.237 e. The van der Waals surface area contributed by atoms with Gasteiger partial charge in [-0.2, -0.15) is 0 Å². The van der Waals surface area contributed by atoms with E-state index in [0.29, 0.717) is 18.9 Å². The summed E-state index contributed by atoms with van der Waals surface area (Å²) in [6.45, 7) is 2.88. The van der Waals surface area contributed by atoms with Crippen LogP contribution in [0.3, 0.4) is 0 Å². The van der Waals surface area contributed by atoms with Gasteiger partial charge in [0.2, 0.25) is 11.8 Å². The Labute approximate surface area is 78.1 Å². The van der Waals surface area contributed by atoms with Gasteiger partial charge in [-0.3, -0.25) is 9.59 Å². The lowest BCUT2D eigenvalue weighted by Gasteiger charge is -2.13. The van der Waals surface area contributed by atoms with Gasteiger partial charge < -0.3 is 10.6 Å². The van der Waals surface area contributed by atoms with Gasteiger partial charge in [0.15, 0.2) is 0 Å². The van der Waals surface area contributed by atoms with E-state index in [1.807, 2.05) is 0 Å². The molecule has 0 radical (unpaired) electrons. The van der Waals surface area contributed by atoms with E-state index in [1.165, 1.54) is 0 Å². The van der Waals surface area contributed by atoms with Crippen molar-refractivity contribution in [2.45, 2.75) is 26.2 Å². The minimum absolute atomic E-state index is 0.0669. The fourth-order valence-corrected chi connectivity index (χ4v) is 1.80. The van der Waals surface area contributed by atoms with Gasteiger partial charge in [-0.15, -0.1) is 0 Å². The van der Waals surface area contributed by atoms with Crippen LogP contribution in [0.25, 0.3) is 0 Å². The van der Waals surface area contributed by atoms with E-state index < -0.39 is 5.91 Å². The lowest BCUT2D eigenvalue weighted by Crippen LogP contribution is -2.34. The topological polar surface area (TPSA) is 63.4 Å². The zero-order chi connectivity index (χ0) is 9.84. The molecule has 0 bridgehead atoms. The molecule has 2 N–H and O–H groups in total. The number of likely N-dealkylation sites (tertiary alicyclic amines) is 1. The molecular formula is C9H16N2O2. The van der Waals surface area contributed by atoms with E-state index in [-0.39, 0.29) is 12.5 Å². The van der Waals surface area contributed by atoms with Crippen molar-refractivity contribution in [1.82, 2.24) is 4.90 Å². The molecule has 0 aromatic heterocycles. The maximum absolute atomic E-state index is 11.3. The summed E-state index contributed by atoms with van der Waals surface area (Å²) in [7, 11) is 0. The summed E-state index contributed by atoms with van der Waals surface area (Å²) in [5, 5.41) is 0. The fraction of sp³-hybridized carbons (Fsp3) is 0.778. The minimum Gasteiger partial charge on any atom is -0.368 e. The largest absolute Gasteiger partial charge is 0.368 e. The Bertz CT molecular complexity index is 216. The van der Waals surface area contributed by atoms with E-state index in [0.717, 1.165) is 12.8 Å². The summed E-state index contributed by atoms with van der Waals surface area (Å²) >= 11 is 0. The summed E-state index contributed by atoms with van der Waals surface area (Å²) in [5.41, 5.74) is 5.02. The van der Waals surface area contributed by atoms with E-state index in [1.54, 1.807) is 4.90 Å². The summed E-state index contributed by atoms with van der Waals surface area (Å²) in [5.74, 6) is 0.0691. The third-order valence-electron chi connectivity index (χ3n) is 2.34. The van der Waals surface area contributed by atoms with Crippen LogP contribution in [0, 0.1) is 5.92 Å². The number of nitrogens with zero attached hydrogens (tertiary/aromatic N) is 1. The molecule has 0 saturated carbocycles. The minimum atomic E-state index is -0.425. The average molecular weight is 184 g/mol. The number of primary amides is 1. The van der Waals surface area contributed by atoms with Crippen LogP contribution in [-0.4, -0.2) is 29.8 Å². The number of hydrogen-bond acceptors (Lipinski definition) is 2. The second-order valence-corrected chi connectivity index (χ2v) is 3.60. The molecule has 2 amide bonds. The van der Waals surface area contributed by atoms with Gasteiger partial charge in [-0.1, -0.05) is 13.3 Å². The Morgan fingerprint density at radius 1 is 1.69 bits per heavy atom. The van der Waals surface area contributed by atoms with Gasteiger partial charge in [-0.05, 0) is 12.3 Å². The standard InChI is InChI=1S/C9H16N2O2/c1-2-3-7-4-9(13)11(5-7)6-8(10)12/h7H,2-6H2,1H3,(H2,10,12)/t7-/m1/s1. The zero-order valence-corrected chi connectivity index (χ0v) is 7.95. The van der Waals surface area contributed by atoms with Crippen molar-refractivity contribution in [3.8, 4) is 0 Å². The normalized spacial score (nSPS) is 22.4. The SMILES string of the molecule is CCC[C@@H]1CC(=O)N(CC(N)=O)C1. The summed E-state index contributed by atoms with van der Waals surface area (Å²) in [4.78, 5) is 23.5. The van der Waals surface area contributed by atoms with Crippen molar-refractivity contribution >= 4 is 11.8 Å². The van der Waals surface area contributed by atoms with Gasteiger partial charge in [-0.25, -0.2) is 0 Å². The molecular weight excluding hydrogens is 168 g/mol. The van der Waals surface area contributed by atoms with Crippen molar-refractivity contribution in [1.29, 1.82) is 0 Å². The first-order chi connectivity index (χ1) is 6.13. The number of amides is 2. The third-order valence-corrected chi connectivity index (χ3v) is 2.34. The van der Waals surface area contributed by atoms with Crippen molar-refractivity contribution in [2.75, 3.05) is 13.1 Å². The van der Waals surface area contributed by atoms with E-state index in [2.05, 4.69) is 6.92 Å². The number of carbonyl (C=O) groups excluding carboxylic acids is 2. The molecule has 1 fully saturated rings. The summed E-state index contributed by atoms with van der Waals surface area (Å²) in [6, 6.07) is 0. The Morgan fingerprint density at radius 2 is 2.38 bits per heavy atom. The molecule has 0 spiro atoms. The average Bonchev–Trinajstić information content (AvgIpc) is 2.31. The van der Waals surface area contributed by atoms with Crippen LogP contribution in [0.4, 0.5) is 0 Å². The van der Waals surface area contributed by atoms with Gasteiger partial charge in [0.25, 0.3) is 0 Å². The predicted octanol–water partition coefficient (Wildman–Crippen LogP) is 0.120. The number of rotatable bonds is 4. The molecule has 13 heavy (non-hydrogen) atoms. The van der Waals surface area contributed by atoms with Crippen LogP contribution >= 0.6 is 0 Å². The molecule has 4 heteroatoms. The van der Waals surface area contributed by atoms with Crippen molar-refractivity contribution in [3.05, 3.63) is 0 Å². The molecule has 74 valence electrons.